The zero-order valence-electron chi connectivity index (χ0n) is 10.1. The van der Waals surface area contributed by atoms with Gasteiger partial charge in [-0.05, 0) is 36.4 Å². The van der Waals surface area contributed by atoms with Crippen molar-refractivity contribution in [1.29, 1.82) is 0 Å². The fourth-order valence-electron chi connectivity index (χ4n) is 1.46. The molecule has 0 amide bonds. The largest absolute Gasteiger partial charge is 0.486 e. The Kier molecular flexibility index (Phi) is 4.72. The summed E-state index contributed by atoms with van der Waals surface area (Å²) in [7, 11) is 0. The smallest absolute Gasteiger partial charge is 0.169 e. The van der Waals surface area contributed by atoms with Gasteiger partial charge in [-0.25, -0.2) is 0 Å². The molecule has 0 radical (unpaired) electrons. The van der Waals surface area contributed by atoms with Crippen LogP contribution in [-0.2, 0) is 0 Å². The van der Waals surface area contributed by atoms with Crippen LogP contribution in [0.1, 0.15) is 0 Å². The molecule has 0 bridgehead atoms. The van der Waals surface area contributed by atoms with E-state index in [9.17, 15) is 0 Å². The lowest BCUT2D eigenvalue weighted by Gasteiger charge is -2.12. The molecule has 2 rings (SSSR count). The van der Waals surface area contributed by atoms with E-state index < -0.39 is 0 Å². The van der Waals surface area contributed by atoms with Crippen molar-refractivity contribution in [2.24, 2.45) is 0 Å². The van der Waals surface area contributed by atoms with Gasteiger partial charge in [0, 0.05) is 16.1 Å². The lowest BCUT2D eigenvalue weighted by atomic mass is 10.3. The molecule has 2 nitrogen and oxygen atoms in total. The molecular formula is C15H12Cl2O2. The first-order chi connectivity index (χ1) is 9.19. The summed E-state index contributed by atoms with van der Waals surface area (Å²) in [6.07, 6.45) is 1.66. The van der Waals surface area contributed by atoms with Crippen molar-refractivity contribution in [3.63, 3.8) is 0 Å². The van der Waals surface area contributed by atoms with E-state index in [1.54, 1.807) is 48.5 Å². The molecule has 0 aliphatic heterocycles. The molecule has 0 aliphatic carbocycles. The molecule has 0 aliphatic rings. The van der Waals surface area contributed by atoms with Crippen LogP contribution in [0.5, 0.6) is 17.2 Å². The Balaban J connectivity index is 2.23. The van der Waals surface area contributed by atoms with Crippen molar-refractivity contribution in [2.45, 2.75) is 0 Å². The van der Waals surface area contributed by atoms with Crippen molar-refractivity contribution in [3.05, 3.63) is 65.2 Å². The lowest BCUT2D eigenvalue weighted by molar-refractivity contribution is 0.340. The Labute approximate surface area is 122 Å². The van der Waals surface area contributed by atoms with Gasteiger partial charge in [-0.15, -0.1) is 0 Å². The van der Waals surface area contributed by atoms with Crippen LogP contribution < -0.4 is 9.47 Å². The minimum atomic E-state index is 0.386. The van der Waals surface area contributed by atoms with Crippen LogP contribution in [0.3, 0.4) is 0 Å². The summed E-state index contributed by atoms with van der Waals surface area (Å²) < 4.78 is 11.2. The summed E-state index contributed by atoms with van der Waals surface area (Å²) in [4.78, 5) is 0. The Bertz CT molecular complexity index is 565. The molecule has 0 saturated heterocycles. The van der Waals surface area contributed by atoms with E-state index in [1.807, 2.05) is 0 Å². The first-order valence-corrected chi connectivity index (χ1v) is 6.41. The fraction of sp³-hybridized carbons (Fsp3) is 0.0667. The van der Waals surface area contributed by atoms with Crippen LogP contribution in [0.25, 0.3) is 0 Å². The van der Waals surface area contributed by atoms with Gasteiger partial charge in [-0.2, -0.15) is 0 Å². The van der Waals surface area contributed by atoms with Crippen LogP contribution in [0, 0.1) is 0 Å². The summed E-state index contributed by atoms with van der Waals surface area (Å²) in [6.45, 7) is 3.99. The highest BCUT2D eigenvalue weighted by atomic mass is 35.5. The van der Waals surface area contributed by atoms with Gasteiger partial charge in [0.25, 0.3) is 0 Å². The first kappa shape index (κ1) is 13.8. The van der Waals surface area contributed by atoms with Gasteiger partial charge in [-0.3, -0.25) is 0 Å². The molecule has 2 aromatic carbocycles. The topological polar surface area (TPSA) is 18.5 Å². The second-order valence-corrected chi connectivity index (χ2v) is 4.62. The van der Waals surface area contributed by atoms with E-state index in [2.05, 4.69) is 6.58 Å². The summed E-state index contributed by atoms with van der Waals surface area (Å²) in [6, 6.07) is 12.3. The monoisotopic (exact) mass is 294 g/mol. The molecule has 2 aromatic rings. The predicted octanol–water partition coefficient (Wildman–Crippen LogP) is 5.35. The lowest BCUT2D eigenvalue weighted by Crippen LogP contribution is -1.95. The number of hydrogen-bond acceptors (Lipinski definition) is 2. The van der Waals surface area contributed by atoms with Crippen molar-refractivity contribution >= 4 is 23.2 Å². The Morgan fingerprint density at radius 1 is 0.947 bits per heavy atom. The van der Waals surface area contributed by atoms with E-state index in [0.717, 1.165) is 0 Å². The van der Waals surface area contributed by atoms with Crippen molar-refractivity contribution in [1.82, 2.24) is 0 Å². The van der Waals surface area contributed by atoms with Crippen LogP contribution in [0.4, 0.5) is 0 Å². The van der Waals surface area contributed by atoms with Crippen molar-refractivity contribution in [3.8, 4) is 17.2 Å². The highest BCUT2D eigenvalue weighted by molar-refractivity contribution is 6.31. The molecule has 0 fully saturated rings. The molecular weight excluding hydrogens is 283 g/mol. The van der Waals surface area contributed by atoms with Crippen LogP contribution in [-0.4, -0.2) is 6.61 Å². The van der Waals surface area contributed by atoms with Crippen LogP contribution in [0.15, 0.2) is 55.1 Å². The van der Waals surface area contributed by atoms with Crippen LogP contribution in [0.2, 0.25) is 10.0 Å². The summed E-state index contributed by atoms with van der Waals surface area (Å²) in [5.41, 5.74) is 0. The molecule has 0 spiro atoms. The van der Waals surface area contributed by atoms with Gasteiger partial charge >= 0.3 is 0 Å². The SMILES string of the molecule is C=CCOc1cc(Cl)ccc1Oc1ccc(Cl)cc1. The molecule has 19 heavy (non-hydrogen) atoms. The maximum absolute atomic E-state index is 5.94. The average molecular weight is 295 g/mol. The maximum Gasteiger partial charge on any atom is 0.169 e. The molecule has 98 valence electrons. The zero-order valence-corrected chi connectivity index (χ0v) is 11.6. The minimum Gasteiger partial charge on any atom is -0.486 e. The van der Waals surface area contributed by atoms with Gasteiger partial charge in [0.2, 0.25) is 0 Å². The Hall–Kier alpha value is -1.64. The molecule has 0 saturated carbocycles. The van der Waals surface area contributed by atoms with E-state index in [4.69, 9.17) is 32.7 Å². The highest BCUT2D eigenvalue weighted by Crippen LogP contribution is 2.34. The third kappa shape index (κ3) is 3.91. The summed E-state index contributed by atoms with van der Waals surface area (Å²) >= 11 is 11.8. The third-order valence-electron chi connectivity index (χ3n) is 2.30. The number of rotatable bonds is 5. The van der Waals surface area contributed by atoms with Crippen molar-refractivity contribution in [2.75, 3.05) is 6.61 Å². The number of hydrogen-bond donors (Lipinski definition) is 0. The van der Waals surface area contributed by atoms with E-state index in [1.165, 1.54) is 0 Å². The standard InChI is InChI=1S/C15H12Cl2O2/c1-2-9-18-15-10-12(17)5-8-14(15)19-13-6-3-11(16)4-7-13/h2-8,10H,1,9H2. The molecule has 0 unspecified atom stereocenters. The average Bonchev–Trinajstić information content (AvgIpc) is 2.41. The van der Waals surface area contributed by atoms with Gasteiger partial charge in [0.15, 0.2) is 11.5 Å². The zero-order chi connectivity index (χ0) is 13.7. The minimum absolute atomic E-state index is 0.386. The Morgan fingerprint density at radius 2 is 1.63 bits per heavy atom. The number of benzene rings is 2. The van der Waals surface area contributed by atoms with Gasteiger partial charge in [0.1, 0.15) is 12.4 Å². The second kappa shape index (κ2) is 6.50. The summed E-state index contributed by atoms with van der Waals surface area (Å²) in [5.74, 6) is 1.84. The van der Waals surface area contributed by atoms with E-state index in [0.29, 0.717) is 33.9 Å². The highest BCUT2D eigenvalue weighted by Gasteiger charge is 2.07. The summed E-state index contributed by atoms with van der Waals surface area (Å²) in [5, 5.41) is 1.24. The normalized spacial score (nSPS) is 10.0. The predicted molar refractivity (Wildman–Crippen MR) is 78.7 cm³/mol. The van der Waals surface area contributed by atoms with Crippen LogP contribution >= 0.6 is 23.2 Å². The van der Waals surface area contributed by atoms with Gasteiger partial charge < -0.3 is 9.47 Å². The van der Waals surface area contributed by atoms with Gasteiger partial charge in [-0.1, -0.05) is 35.9 Å². The molecule has 0 aromatic heterocycles. The van der Waals surface area contributed by atoms with E-state index in [-0.39, 0.29) is 0 Å². The quantitative estimate of drug-likeness (QED) is 0.692. The Morgan fingerprint density at radius 3 is 2.32 bits per heavy atom. The number of halogens is 2. The molecule has 0 atom stereocenters. The number of ether oxygens (including phenoxy) is 2. The first-order valence-electron chi connectivity index (χ1n) is 5.65. The second-order valence-electron chi connectivity index (χ2n) is 3.75. The van der Waals surface area contributed by atoms with Crippen molar-refractivity contribution < 1.29 is 9.47 Å². The maximum atomic E-state index is 5.94. The van der Waals surface area contributed by atoms with Gasteiger partial charge in [0.05, 0.1) is 0 Å². The fourth-order valence-corrected chi connectivity index (χ4v) is 1.75. The molecule has 4 heteroatoms. The van der Waals surface area contributed by atoms with E-state index >= 15 is 0 Å². The molecule has 0 N–H and O–H groups in total. The molecule has 0 heterocycles. The third-order valence-corrected chi connectivity index (χ3v) is 2.79.